The minimum Gasteiger partial charge on any atom is -0.508 e. The third-order valence-corrected chi connectivity index (χ3v) is 3.78. The summed E-state index contributed by atoms with van der Waals surface area (Å²) in [5.41, 5.74) is 5.83. The highest BCUT2D eigenvalue weighted by Crippen LogP contribution is 2.21. The van der Waals surface area contributed by atoms with E-state index in [4.69, 9.17) is 10.1 Å². The zero-order chi connectivity index (χ0) is 23.0. The maximum atomic E-state index is 11.6. The van der Waals surface area contributed by atoms with E-state index >= 15 is 0 Å². The number of aliphatic hydroxyl groups excluding tert-OH is 1. The van der Waals surface area contributed by atoms with Crippen molar-refractivity contribution in [1.82, 2.24) is 10.2 Å². The first kappa shape index (κ1) is 28.7. The molecule has 29 heavy (non-hydrogen) atoms. The molecule has 0 aromatic heterocycles. The Hall–Kier alpha value is -2.47. The molecule has 1 unspecified atom stereocenters. The summed E-state index contributed by atoms with van der Waals surface area (Å²) >= 11 is 0. The van der Waals surface area contributed by atoms with Gasteiger partial charge < -0.3 is 31.0 Å². The van der Waals surface area contributed by atoms with Gasteiger partial charge in [-0.05, 0) is 38.1 Å². The number of hydrogen-bond donors (Lipinski definition) is 4. The van der Waals surface area contributed by atoms with Gasteiger partial charge in [0.1, 0.15) is 12.5 Å². The van der Waals surface area contributed by atoms with Gasteiger partial charge in [-0.1, -0.05) is 26.8 Å². The number of hydrogen-bond acceptors (Lipinski definition) is 7. The first-order valence-corrected chi connectivity index (χ1v) is 9.35. The third-order valence-electron chi connectivity index (χ3n) is 3.78. The summed E-state index contributed by atoms with van der Waals surface area (Å²) in [6.07, 6.45) is 0.999. The van der Waals surface area contributed by atoms with Crippen molar-refractivity contribution in [3.05, 3.63) is 29.3 Å². The van der Waals surface area contributed by atoms with Crippen molar-refractivity contribution in [3.63, 3.8) is 0 Å². The summed E-state index contributed by atoms with van der Waals surface area (Å²) in [6, 6.07) is 6.85. The van der Waals surface area contributed by atoms with Crippen LogP contribution in [0.25, 0.3) is 0 Å². The highest BCUT2D eigenvalue weighted by Gasteiger charge is 2.27. The highest BCUT2D eigenvalue weighted by atomic mass is 16.3. The molecule has 0 radical (unpaired) electrons. The van der Waals surface area contributed by atoms with Crippen molar-refractivity contribution >= 4 is 12.7 Å². The number of likely N-dealkylation sites (tertiary alicyclic amines) is 1. The van der Waals surface area contributed by atoms with E-state index in [1.807, 2.05) is 12.9 Å². The van der Waals surface area contributed by atoms with E-state index in [0.29, 0.717) is 25.1 Å². The number of β-amino-alcohol motifs (C(OH)–C–C–N with tert-alkyl or cyclic N) is 1. The zero-order valence-corrected chi connectivity index (χ0v) is 18.2. The Morgan fingerprint density at radius 1 is 1.38 bits per heavy atom. The molecule has 1 amide bonds. The van der Waals surface area contributed by atoms with Crippen molar-refractivity contribution in [1.29, 1.82) is 5.26 Å². The molecule has 2 rings (SSSR count). The van der Waals surface area contributed by atoms with Gasteiger partial charge in [0.15, 0.2) is 0 Å². The fraction of sp³-hybridized carbons (Fsp3) is 0.571. The number of nitrogens with zero attached hydrogens (tertiary/aromatic N) is 2. The van der Waals surface area contributed by atoms with Gasteiger partial charge in [0, 0.05) is 31.6 Å². The Kier molecular flexibility index (Phi) is 15.3. The molecule has 8 nitrogen and oxygen atoms in total. The molecule has 1 aliphatic rings. The Bertz CT molecular complexity index is 639. The molecule has 8 heteroatoms. The standard InChI is InChI=1S/C10H19NO2.C9H10N2O.CH5N.CH2O/c1-10(2,3)6-9(13)11-5-4-8(12)7-11;1-11-6-8-3-2-7(5-10)4-9(8)12;2*1-2/h8,12H,4-7H2,1-3H3;2-4,11-12H,6H2,1H3;2H2,1H3;1H2. The van der Waals surface area contributed by atoms with Crippen LogP contribution in [0.15, 0.2) is 18.2 Å². The molecule has 0 spiro atoms. The molecule has 1 aliphatic heterocycles. The van der Waals surface area contributed by atoms with Gasteiger partial charge in [-0.2, -0.15) is 5.26 Å². The van der Waals surface area contributed by atoms with Gasteiger partial charge in [0.05, 0.1) is 17.7 Å². The average molecular weight is 409 g/mol. The molecule has 0 aliphatic carbocycles. The second kappa shape index (κ2) is 15.5. The fourth-order valence-electron chi connectivity index (χ4n) is 2.51. The number of aliphatic hydroxyl groups is 1. The van der Waals surface area contributed by atoms with Crippen molar-refractivity contribution < 1.29 is 19.8 Å². The molecule has 1 atom stereocenters. The van der Waals surface area contributed by atoms with Gasteiger partial charge in [-0.25, -0.2) is 0 Å². The number of amides is 1. The van der Waals surface area contributed by atoms with Crippen LogP contribution >= 0.6 is 0 Å². The number of aromatic hydroxyl groups is 1. The topological polar surface area (TPSA) is 140 Å². The molecular weight excluding hydrogens is 372 g/mol. The maximum Gasteiger partial charge on any atom is 0.223 e. The van der Waals surface area contributed by atoms with Crippen LogP contribution in [0.2, 0.25) is 0 Å². The molecule has 1 aromatic carbocycles. The third kappa shape index (κ3) is 12.6. The number of nitrogens with one attached hydrogen (secondary N) is 1. The van der Waals surface area contributed by atoms with Crippen molar-refractivity contribution in [2.24, 2.45) is 11.1 Å². The number of nitriles is 1. The maximum absolute atomic E-state index is 11.6. The molecule has 1 fully saturated rings. The van der Waals surface area contributed by atoms with Crippen LogP contribution in [0.3, 0.4) is 0 Å². The quantitative estimate of drug-likeness (QED) is 0.592. The van der Waals surface area contributed by atoms with E-state index in [-0.39, 0.29) is 23.2 Å². The van der Waals surface area contributed by atoms with Gasteiger partial charge in [-0.3, -0.25) is 4.79 Å². The van der Waals surface area contributed by atoms with Crippen LogP contribution in [0.5, 0.6) is 5.75 Å². The summed E-state index contributed by atoms with van der Waals surface area (Å²) in [4.78, 5) is 21.4. The minimum atomic E-state index is -0.302. The van der Waals surface area contributed by atoms with E-state index in [0.717, 1.165) is 18.5 Å². The summed E-state index contributed by atoms with van der Waals surface area (Å²) in [7, 11) is 3.30. The normalized spacial score (nSPS) is 14.8. The van der Waals surface area contributed by atoms with E-state index in [9.17, 15) is 15.0 Å². The lowest BCUT2D eigenvalue weighted by Gasteiger charge is -2.22. The van der Waals surface area contributed by atoms with E-state index in [1.54, 1.807) is 24.1 Å². The number of benzene rings is 1. The smallest absolute Gasteiger partial charge is 0.223 e. The zero-order valence-electron chi connectivity index (χ0n) is 18.2. The number of nitrogens with two attached hydrogens (primary N) is 1. The van der Waals surface area contributed by atoms with Crippen molar-refractivity contribution in [3.8, 4) is 11.8 Å². The molecule has 1 aromatic rings. The number of phenols is 1. The predicted molar refractivity (Wildman–Crippen MR) is 114 cm³/mol. The molecule has 164 valence electrons. The van der Waals surface area contributed by atoms with Crippen LogP contribution in [-0.4, -0.2) is 61.1 Å². The lowest BCUT2D eigenvalue weighted by Crippen LogP contribution is -2.32. The van der Waals surface area contributed by atoms with Gasteiger partial charge >= 0.3 is 0 Å². The lowest BCUT2D eigenvalue weighted by molar-refractivity contribution is -0.132. The molecule has 1 heterocycles. The number of rotatable bonds is 3. The van der Waals surface area contributed by atoms with Crippen LogP contribution in [0, 0.1) is 16.7 Å². The van der Waals surface area contributed by atoms with Crippen LogP contribution in [0.1, 0.15) is 44.7 Å². The van der Waals surface area contributed by atoms with Gasteiger partial charge in [0.25, 0.3) is 0 Å². The molecule has 1 saturated heterocycles. The molecule has 5 N–H and O–H groups in total. The number of carbonyl (C=O) groups excluding carboxylic acids is 2. The lowest BCUT2D eigenvalue weighted by atomic mass is 9.92. The van der Waals surface area contributed by atoms with Crippen molar-refractivity contribution in [2.75, 3.05) is 27.2 Å². The first-order valence-electron chi connectivity index (χ1n) is 9.35. The molecule has 0 saturated carbocycles. The van der Waals surface area contributed by atoms with E-state index in [2.05, 4.69) is 31.8 Å². The van der Waals surface area contributed by atoms with Crippen LogP contribution in [-0.2, 0) is 16.1 Å². The molecule has 0 bridgehead atoms. The molecular formula is C21H36N4O4. The van der Waals surface area contributed by atoms with Crippen LogP contribution in [0.4, 0.5) is 0 Å². The van der Waals surface area contributed by atoms with Gasteiger partial charge in [0.2, 0.25) is 5.91 Å². The Morgan fingerprint density at radius 2 is 1.97 bits per heavy atom. The van der Waals surface area contributed by atoms with E-state index in [1.165, 1.54) is 13.1 Å². The number of phenolic OH excluding ortho intramolecular Hbond substituents is 1. The SMILES string of the molecule is C=O.CC(C)(C)CC(=O)N1CCC(O)C1.CN.CNCc1ccc(C#N)cc1O. The highest BCUT2D eigenvalue weighted by molar-refractivity contribution is 5.77. The second-order valence-corrected chi connectivity index (χ2v) is 7.51. The van der Waals surface area contributed by atoms with E-state index < -0.39 is 0 Å². The Labute approximate surface area is 174 Å². The summed E-state index contributed by atoms with van der Waals surface area (Å²) in [5, 5.41) is 30.0. The second-order valence-electron chi connectivity index (χ2n) is 7.51. The average Bonchev–Trinajstić information content (AvgIpc) is 3.13. The summed E-state index contributed by atoms with van der Waals surface area (Å²) in [5.74, 6) is 0.340. The Morgan fingerprint density at radius 3 is 2.34 bits per heavy atom. The largest absolute Gasteiger partial charge is 0.508 e. The summed E-state index contributed by atoms with van der Waals surface area (Å²) in [6.45, 7) is 10.0. The van der Waals surface area contributed by atoms with Crippen LogP contribution < -0.4 is 11.1 Å². The summed E-state index contributed by atoms with van der Waals surface area (Å²) < 4.78 is 0. The fourth-order valence-corrected chi connectivity index (χ4v) is 2.51. The van der Waals surface area contributed by atoms with Gasteiger partial charge in [-0.15, -0.1) is 0 Å². The first-order chi connectivity index (χ1) is 13.7. The predicted octanol–water partition coefficient (Wildman–Crippen LogP) is 1.39. The Balaban J connectivity index is 0. The van der Waals surface area contributed by atoms with Crippen molar-refractivity contribution in [2.45, 2.75) is 46.3 Å². The minimum absolute atomic E-state index is 0.0463. The monoisotopic (exact) mass is 408 g/mol. The number of carbonyl (C=O) groups is 2.